The van der Waals surface area contributed by atoms with Gasteiger partial charge in [0.15, 0.2) is 0 Å². The normalized spacial score (nSPS) is 10.8. The van der Waals surface area contributed by atoms with Gasteiger partial charge in [-0.05, 0) is 6.42 Å². The first kappa shape index (κ1) is 36.9. The number of carbonyl (C=O) groups is 1. The highest BCUT2D eigenvalue weighted by Crippen LogP contribution is 2.15. The summed E-state index contributed by atoms with van der Waals surface area (Å²) in [5.41, 5.74) is 0. The van der Waals surface area contributed by atoms with Crippen LogP contribution in [0.3, 0.4) is 0 Å². The molecule has 0 spiro atoms. The van der Waals surface area contributed by atoms with E-state index in [2.05, 4.69) is 19.6 Å². The SMILES string of the molecule is CCCCCCCCCCCCCCCCCCCCCCCCCCCCO.O=C(O)CCS. The summed E-state index contributed by atoms with van der Waals surface area (Å²) in [4.78, 5) is 9.55. The second-order valence-corrected chi connectivity index (χ2v) is 10.9. The van der Waals surface area contributed by atoms with Gasteiger partial charge in [-0.2, -0.15) is 12.6 Å². The molecule has 2 N–H and O–H groups in total. The molecule has 0 aromatic rings. The van der Waals surface area contributed by atoms with Crippen molar-refractivity contribution in [2.75, 3.05) is 12.4 Å². The van der Waals surface area contributed by atoms with Crippen molar-refractivity contribution in [2.24, 2.45) is 0 Å². The minimum Gasteiger partial charge on any atom is -0.481 e. The summed E-state index contributed by atoms with van der Waals surface area (Å²) < 4.78 is 0. The Morgan fingerprint density at radius 3 is 0.857 bits per heavy atom. The molecule has 0 aliphatic heterocycles. The lowest BCUT2D eigenvalue weighted by Gasteiger charge is -2.04. The maximum Gasteiger partial charge on any atom is 0.304 e. The van der Waals surface area contributed by atoms with Gasteiger partial charge in [0.2, 0.25) is 0 Å². The molecule has 0 heterocycles. The fourth-order valence-electron chi connectivity index (χ4n) is 4.52. The Morgan fingerprint density at radius 2 is 0.714 bits per heavy atom. The van der Waals surface area contributed by atoms with Crippen LogP contribution in [0, 0.1) is 0 Å². The highest BCUT2D eigenvalue weighted by atomic mass is 32.1. The zero-order valence-electron chi connectivity index (χ0n) is 23.8. The third-order valence-electron chi connectivity index (χ3n) is 6.84. The van der Waals surface area contributed by atoms with E-state index in [0.29, 0.717) is 12.4 Å². The number of hydrogen-bond acceptors (Lipinski definition) is 3. The van der Waals surface area contributed by atoms with Crippen LogP contribution in [0.2, 0.25) is 0 Å². The largest absolute Gasteiger partial charge is 0.481 e. The summed E-state index contributed by atoms with van der Waals surface area (Å²) in [6, 6.07) is 0. The Bertz CT molecular complexity index is 350. The first-order chi connectivity index (χ1) is 17.2. The fraction of sp³-hybridized carbons (Fsp3) is 0.968. The van der Waals surface area contributed by atoms with Gasteiger partial charge in [-0.15, -0.1) is 0 Å². The number of aliphatic hydroxyl groups is 1. The van der Waals surface area contributed by atoms with Crippen molar-refractivity contribution in [3.63, 3.8) is 0 Å². The van der Waals surface area contributed by atoms with Crippen molar-refractivity contribution in [1.82, 2.24) is 0 Å². The molecule has 35 heavy (non-hydrogen) atoms. The highest BCUT2D eigenvalue weighted by molar-refractivity contribution is 7.80. The van der Waals surface area contributed by atoms with E-state index in [0.717, 1.165) is 6.42 Å². The Balaban J connectivity index is 0. The maximum absolute atomic E-state index is 9.55. The monoisotopic (exact) mass is 516 g/mol. The van der Waals surface area contributed by atoms with Crippen LogP contribution in [0.5, 0.6) is 0 Å². The molecule has 0 atom stereocenters. The van der Waals surface area contributed by atoms with Crippen molar-refractivity contribution < 1.29 is 15.0 Å². The smallest absolute Gasteiger partial charge is 0.304 e. The van der Waals surface area contributed by atoms with Crippen LogP contribution >= 0.6 is 12.6 Å². The number of aliphatic carboxylic acids is 1. The van der Waals surface area contributed by atoms with Gasteiger partial charge in [-0.25, -0.2) is 0 Å². The minimum absolute atomic E-state index is 0.156. The molecule has 0 radical (unpaired) electrons. The zero-order valence-corrected chi connectivity index (χ0v) is 24.7. The van der Waals surface area contributed by atoms with E-state index in [4.69, 9.17) is 10.2 Å². The molecule has 212 valence electrons. The van der Waals surface area contributed by atoms with E-state index in [1.807, 2.05) is 0 Å². The minimum atomic E-state index is -0.787. The van der Waals surface area contributed by atoms with E-state index in [9.17, 15) is 4.79 Å². The Kier molecular flexibility index (Phi) is 37.9. The topological polar surface area (TPSA) is 57.5 Å². The number of aliphatic hydroxyl groups excluding tert-OH is 1. The van der Waals surface area contributed by atoms with Gasteiger partial charge in [0.25, 0.3) is 0 Å². The lowest BCUT2D eigenvalue weighted by molar-refractivity contribution is -0.136. The second-order valence-electron chi connectivity index (χ2n) is 10.4. The van der Waals surface area contributed by atoms with Crippen LogP contribution in [0.1, 0.15) is 180 Å². The fourth-order valence-corrected chi connectivity index (χ4v) is 4.71. The van der Waals surface area contributed by atoms with E-state index >= 15 is 0 Å². The predicted octanol–water partition coefficient (Wildman–Crippen LogP) is 10.5. The van der Waals surface area contributed by atoms with E-state index in [1.165, 1.54) is 161 Å². The van der Waals surface area contributed by atoms with Crippen molar-refractivity contribution in [3.8, 4) is 0 Å². The average molecular weight is 517 g/mol. The van der Waals surface area contributed by atoms with Crippen molar-refractivity contribution in [3.05, 3.63) is 0 Å². The number of rotatable bonds is 28. The van der Waals surface area contributed by atoms with Crippen molar-refractivity contribution >= 4 is 18.6 Å². The summed E-state index contributed by atoms with van der Waals surface area (Å²) in [7, 11) is 0. The molecule has 0 rings (SSSR count). The number of thiol groups is 1. The molecule has 4 heteroatoms. The third-order valence-corrected chi connectivity index (χ3v) is 7.06. The van der Waals surface area contributed by atoms with E-state index < -0.39 is 5.97 Å². The summed E-state index contributed by atoms with van der Waals surface area (Å²) in [6.07, 6.45) is 37.2. The summed E-state index contributed by atoms with van der Waals surface area (Å²) in [5, 5.41) is 16.6. The molecule has 0 aliphatic rings. The lowest BCUT2D eigenvalue weighted by Crippen LogP contribution is -1.93. The first-order valence-electron chi connectivity index (χ1n) is 15.6. The van der Waals surface area contributed by atoms with Crippen LogP contribution in [0.15, 0.2) is 0 Å². The average Bonchev–Trinajstić information content (AvgIpc) is 2.84. The number of carboxylic acid groups (broad SMARTS) is 1. The molecule has 0 aromatic heterocycles. The lowest BCUT2D eigenvalue weighted by atomic mass is 10.0. The third kappa shape index (κ3) is 41.2. The number of carboxylic acids is 1. The Labute approximate surface area is 226 Å². The molecule has 0 aliphatic carbocycles. The van der Waals surface area contributed by atoms with Gasteiger partial charge in [-0.1, -0.05) is 167 Å². The van der Waals surface area contributed by atoms with E-state index in [-0.39, 0.29) is 6.42 Å². The summed E-state index contributed by atoms with van der Waals surface area (Å²) >= 11 is 3.68. The zero-order chi connectivity index (χ0) is 26.1. The summed E-state index contributed by atoms with van der Waals surface area (Å²) in [5.74, 6) is -0.361. The van der Waals surface area contributed by atoms with Crippen LogP contribution in [-0.2, 0) is 4.79 Å². The molecule has 0 aromatic carbocycles. The quantitative estimate of drug-likeness (QED) is 0.0715. The summed E-state index contributed by atoms with van der Waals surface area (Å²) in [6.45, 7) is 2.67. The van der Waals surface area contributed by atoms with Gasteiger partial charge in [-0.3, -0.25) is 4.79 Å². The standard InChI is InChI=1S/C28H58O.C3H6O2S/c1-2-3-4-5-6-7-8-9-10-11-12-13-14-15-16-17-18-19-20-21-22-23-24-25-26-27-28-29;4-3(5)1-2-6/h29H,2-28H2,1H3;6H,1-2H2,(H,4,5). The van der Waals surface area contributed by atoms with Gasteiger partial charge in [0.1, 0.15) is 0 Å². The molecule has 3 nitrogen and oxygen atoms in total. The van der Waals surface area contributed by atoms with Crippen LogP contribution in [0.25, 0.3) is 0 Å². The first-order valence-corrected chi connectivity index (χ1v) is 16.3. The van der Waals surface area contributed by atoms with Gasteiger partial charge in [0, 0.05) is 12.4 Å². The maximum atomic E-state index is 9.55. The van der Waals surface area contributed by atoms with Crippen LogP contribution in [0.4, 0.5) is 0 Å². The number of hydrogen-bond donors (Lipinski definition) is 3. The van der Waals surface area contributed by atoms with Gasteiger partial charge in [0.05, 0.1) is 6.42 Å². The molecule has 0 unspecified atom stereocenters. The predicted molar refractivity (Wildman–Crippen MR) is 159 cm³/mol. The van der Waals surface area contributed by atoms with Crippen LogP contribution in [-0.4, -0.2) is 28.5 Å². The van der Waals surface area contributed by atoms with E-state index in [1.54, 1.807) is 0 Å². The van der Waals surface area contributed by atoms with Gasteiger partial charge < -0.3 is 10.2 Å². The molecule has 0 fully saturated rings. The van der Waals surface area contributed by atoms with Crippen molar-refractivity contribution in [1.29, 1.82) is 0 Å². The molecular formula is C31H64O3S. The Morgan fingerprint density at radius 1 is 0.486 bits per heavy atom. The number of unbranched alkanes of at least 4 members (excludes halogenated alkanes) is 25. The van der Waals surface area contributed by atoms with Crippen molar-refractivity contribution in [2.45, 2.75) is 180 Å². The van der Waals surface area contributed by atoms with Crippen LogP contribution < -0.4 is 0 Å². The Hall–Kier alpha value is -0.220. The highest BCUT2D eigenvalue weighted by Gasteiger charge is 1.96. The molecule has 0 saturated heterocycles. The molecule has 0 bridgehead atoms. The van der Waals surface area contributed by atoms with Gasteiger partial charge >= 0.3 is 5.97 Å². The molecule has 0 amide bonds. The molecule has 0 saturated carbocycles. The molecular weight excluding hydrogens is 452 g/mol. The second kappa shape index (κ2) is 35.9.